The number of carbonyl (C=O) groups is 1. The highest BCUT2D eigenvalue weighted by Crippen LogP contribution is 2.28. The lowest BCUT2D eigenvalue weighted by Crippen LogP contribution is -2.32. The van der Waals surface area contributed by atoms with Crippen LogP contribution in [-0.2, 0) is 23.9 Å². The molecule has 0 fully saturated rings. The van der Waals surface area contributed by atoms with Gasteiger partial charge in [0.25, 0.3) is 11.5 Å². The minimum atomic E-state index is -4.44. The van der Waals surface area contributed by atoms with Crippen molar-refractivity contribution in [2.45, 2.75) is 26.1 Å². The van der Waals surface area contributed by atoms with E-state index in [1.165, 1.54) is 18.3 Å². The molecule has 4 rings (SSSR count). The summed E-state index contributed by atoms with van der Waals surface area (Å²) in [4.78, 5) is 25.2. The van der Waals surface area contributed by atoms with Crippen molar-refractivity contribution in [2.75, 3.05) is 0 Å². The van der Waals surface area contributed by atoms with E-state index in [-0.39, 0.29) is 11.0 Å². The molecule has 4 aromatic rings. The Kier molecular flexibility index (Phi) is 6.26. The predicted molar refractivity (Wildman–Crippen MR) is 117 cm³/mol. The number of carbonyl (C=O) groups excluding carboxylic acids is 1. The molecule has 1 N–H and O–H groups in total. The monoisotopic (exact) mass is 469 g/mol. The zero-order valence-electron chi connectivity index (χ0n) is 17.8. The van der Waals surface area contributed by atoms with Crippen molar-refractivity contribution in [1.82, 2.24) is 20.4 Å². The Morgan fingerprint density at radius 3 is 2.53 bits per heavy atom. The van der Waals surface area contributed by atoms with E-state index in [9.17, 15) is 22.8 Å². The van der Waals surface area contributed by atoms with Gasteiger partial charge in [0.05, 0.1) is 17.5 Å². The van der Waals surface area contributed by atoms with Crippen molar-refractivity contribution < 1.29 is 22.5 Å². The molecular weight excluding hydrogens is 451 g/mol. The number of nitrogens with zero attached hydrogens (tertiary/aromatic N) is 4. The van der Waals surface area contributed by atoms with Crippen LogP contribution in [0.4, 0.5) is 13.2 Å². The van der Waals surface area contributed by atoms with E-state index < -0.39 is 29.8 Å². The van der Waals surface area contributed by atoms with Crippen LogP contribution >= 0.6 is 0 Å². The highest BCUT2D eigenvalue weighted by Gasteiger charge is 2.29. The van der Waals surface area contributed by atoms with Crippen molar-refractivity contribution in [3.05, 3.63) is 93.0 Å². The van der Waals surface area contributed by atoms with E-state index >= 15 is 0 Å². The number of benzene rings is 2. The normalized spacial score (nSPS) is 11.9. The van der Waals surface area contributed by atoms with E-state index in [0.717, 1.165) is 22.4 Å². The number of hydrogen-bond donors (Lipinski definition) is 1. The van der Waals surface area contributed by atoms with Crippen LogP contribution in [0.15, 0.2) is 69.0 Å². The summed E-state index contributed by atoms with van der Waals surface area (Å²) in [6.45, 7) is 1.20. The lowest BCUT2D eigenvalue weighted by molar-refractivity contribution is -0.137. The van der Waals surface area contributed by atoms with E-state index in [1.54, 1.807) is 6.92 Å². The van der Waals surface area contributed by atoms with E-state index in [1.807, 2.05) is 30.3 Å². The van der Waals surface area contributed by atoms with Crippen LogP contribution in [0, 0.1) is 6.92 Å². The van der Waals surface area contributed by atoms with Crippen molar-refractivity contribution in [1.29, 1.82) is 0 Å². The number of rotatable bonds is 6. The van der Waals surface area contributed by atoms with Gasteiger partial charge < -0.3 is 4.52 Å². The third-order valence-electron chi connectivity index (χ3n) is 4.96. The summed E-state index contributed by atoms with van der Waals surface area (Å²) in [6.07, 6.45) is -2.88. The van der Waals surface area contributed by atoms with E-state index in [0.29, 0.717) is 23.4 Å². The maximum absolute atomic E-state index is 12.8. The maximum Gasteiger partial charge on any atom is 0.416 e. The quantitative estimate of drug-likeness (QED) is 0.344. The number of fused-ring (bicyclic) bond motifs is 1. The molecule has 0 saturated heterocycles. The number of aromatic nitrogens is 3. The summed E-state index contributed by atoms with van der Waals surface area (Å²) in [5.41, 5.74) is 3.31. The highest BCUT2D eigenvalue weighted by atomic mass is 19.4. The number of nitrogens with one attached hydrogen (secondary N) is 1. The molecule has 8 nitrogen and oxygen atoms in total. The third kappa shape index (κ3) is 5.03. The maximum atomic E-state index is 12.8. The van der Waals surface area contributed by atoms with Crippen molar-refractivity contribution in [2.24, 2.45) is 5.10 Å². The van der Waals surface area contributed by atoms with Gasteiger partial charge in [0.1, 0.15) is 17.6 Å². The van der Waals surface area contributed by atoms with Crippen LogP contribution in [0.2, 0.25) is 0 Å². The molecule has 2 heterocycles. The fraction of sp³-hybridized carbons (Fsp3) is 0.174. The first-order chi connectivity index (χ1) is 16.2. The Morgan fingerprint density at radius 2 is 1.85 bits per heavy atom. The standard InChI is InChI=1S/C23H18F3N5O3/c1-14-20-21(34-30-14)18(11-15-5-3-2-4-6-15)29-31(22(20)33)13-19(32)28-27-12-16-7-9-17(10-8-16)23(24,25)26/h2-10,12H,11,13H2,1H3,(H,28,32)/b27-12-. The highest BCUT2D eigenvalue weighted by molar-refractivity contribution is 5.83. The van der Waals surface area contributed by atoms with Crippen LogP contribution in [-0.4, -0.2) is 27.1 Å². The Labute approximate surface area is 190 Å². The molecule has 0 spiro atoms. The van der Waals surface area contributed by atoms with Gasteiger partial charge in [-0.25, -0.2) is 10.1 Å². The molecule has 0 unspecified atom stereocenters. The summed E-state index contributed by atoms with van der Waals surface area (Å²) in [5, 5.41) is 12.1. The van der Waals surface area contributed by atoms with Crippen molar-refractivity contribution >= 4 is 23.1 Å². The SMILES string of the molecule is Cc1noc2c(Cc3ccccc3)nn(CC(=O)N/N=C\c3ccc(C(F)(F)F)cc3)c(=O)c12. The average molecular weight is 469 g/mol. The largest absolute Gasteiger partial charge is 0.416 e. The third-order valence-corrected chi connectivity index (χ3v) is 4.96. The molecule has 0 radical (unpaired) electrons. The molecule has 0 bridgehead atoms. The van der Waals surface area contributed by atoms with Gasteiger partial charge in [0.2, 0.25) is 0 Å². The second-order valence-corrected chi connectivity index (χ2v) is 7.46. The summed E-state index contributed by atoms with van der Waals surface area (Å²) in [6, 6.07) is 13.7. The van der Waals surface area contributed by atoms with Crippen molar-refractivity contribution in [3.8, 4) is 0 Å². The molecule has 0 aliphatic rings. The molecule has 0 aliphatic carbocycles. The van der Waals surface area contributed by atoms with Crippen LogP contribution in [0.1, 0.15) is 28.1 Å². The smallest absolute Gasteiger partial charge is 0.354 e. The summed E-state index contributed by atoms with van der Waals surface area (Å²) >= 11 is 0. The Morgan fingerprint density at radius 1 is 1.15 bits per heavy atom. The number of halogens is 3. The molecule has 0 saturated carbocycles. The predicted octanol–water partition coefficient (Wildman–Crippen LogP) is 3.45. The number of aryl methyl sites for hydroxylation is 1. The topological polar surface area (TPSA) is 102 Å². The molecule has 1 amide bonds. The fourth-order valence-corrected chi connectivity index (χ4v) is 3.30. The summed E-state index contributed by atoms with van der Waals surface area (Å²) in [7, 11) is 0. The second kappa shape index (κ2) is 9.30. The molecule has 11 heteroatoms. The zero-order chi connectivity index (χ0) is 24.3. The first kappa shape index (κ1) is 22.9. The molecule has 34 heavy (non-hydrogen) atoms. The van der Waals surface area contributed by atoms with Crippen molar-refractivity contribution in [3.63, 3.8) is 0 Å². The van der Waals surface area contributed by atoms with Gasteiger partial charge in [0.15, 0.2) is 5.58 Å². The van der Waals surface area contributed by atoms with Crippen LogP contribution in [0.25, 0.3) is 11.0 Å². The molecular formula is C23H18F3N5O3. The van der Waals surface area contributed by atoms with Gasteiger partial charge in [-0.3, -0.25) is 9.59 Å². The summed E-state index contributed by atoms with van der Waals surface area (Å²) < 4.78 is 44.2. The first-order valence-electron chi connectivity index (χ1n) is 10.1. The van der Waals surface area contributed by atoms with Gasteiger partial charge in [-0.2, -0.15) is 23.4 Å². The Balaban J connectivity index is 1.51. The van der Waals surface area contributed by atoms with E-state index in [4.69, 9.17) is 4.52 Å². The lowest BCUT2D eigenvalue weighted by Gasteiger charge is -2.08. The van der Waals surface area contributed by atoms with Gasteiger partial charge in [-0.1, -0.05) is 47.6 Å². The zero-order valence-corrected chi connectivity index (χ0v) is 17.8. The lowest BCUT2D eigenvalue weighted by atomic mass is 10.1. The molecule has 0 atom stereocenters. The number of hydrazone groups is 1. The summed E-state index contributed by atoms with van der Waals surface area (Å²) in [5.74, 6) is -0.642. The first-order valence-corrected chi connectivity index (χ1v) is 10.1. The molecule has 0 aliphatic heterocycles. The number of amides is 1. The minimum Gasteiger partial charge on any atom is -0.354 e. The Bertz CT molecular complexity index is 1410. The number of hydrogen-bond acceptors (Lipinski definition) is 6. The molecule has 2 aromatic carbocycles. The van der Waals surface area contributed by atoms with Gasteiger partial charge in [-0.05, 0) is 30.2 Å². The molecule has 174 valence electrons. The van der Waals surface area contributed by atoms with Gasteiger partial charge in [0, 0.05) is 6.42 Å². The Hall–Kier alpha value is -4.28. The minimum absolute atomic E-state index is 0.238. The fourth-order valence-electron chi connectivity index (χ4n) is 3.30. The van der Waals surface area contributed by atoms with E-state index in [2.05, 4.69) is 20.8 Å². The van der Waals surface area contributed by atoms with Gasteiger partial charge in [-0.15, -0.1) is 0 Å². The average Bonchev–Trinajstić information content (AvgIpc) is 3.19. The van der Waals surface area contributed by atoms with Crippen LogP contribution in [0.5, 0.6) is 0 Å². The van der Waals surface area contributed by atoms with Crippen LogP contribution < -0.4 is 11.0 Å². The van der Waals surface area contributed by atoms with Crippen LogP contribution in [0.3, 0.4) is 0 Å². The number of alkyl halides is 3. The van der Waals surface area contributed by atoms with Gasteiger partial charge >= 0.3 is 6.18 Å². The second-order valence-electron chi connectivity index (χ2n) is 7.46. The molecule has 2 aromatic heterocycles.